The fourth-order valence-corrected chi connectivity index (χ4v) is 2.46. The molecule has 0 unspecified atom stereocenters. The molecule has 0 atom stereocenters. The van der Waals surface area contributed by atoms with Crippen LogP contribution in [-0.4, -0.2) is 29.8 Å². The maximum absolute atomic E-state index is 12.3. The first kappa shape index (κ1) is 13.7. The van der Waals surface area contributed by atoms with Gasteiger partial charge in [-0.25, -0.2) is 0 Å². The van der Waals surface area contributed by atoms with E-state index >= 15 is 0 Å². The van der Waals surface area contributed by atoms with Crippen LogP contribution in [0.2, 0.25) is 5.02 Å². The number of rotatable bonds is 2. The van der Waals surface area contributed by atoms with Crippen molar-refractivity contribution in [2.75, 3.05) is 18.8 Å². The monoisotopic (exact) mass is 281 g/mol. The minimum Gasteiger partial charge on any atom is -0.398 e. The number of nitrogens with zero attached hydrogens (tertiary/aromatic N) is 1. The Morgan fingerprint density at radius 2 is 1.89 bits per heavy atom. The summed E-state index contributed by atoms with van der Waals surface area (Å²) in [7, 11) is 0. The number of hydrogen-bond acceptors (Lipinski definition) is 3. The van der Waals surface area contributed by atoms with E-state index in [1.165, 1.54) is 0 Å². The Labute approximate surface area is 116 Å². The van der Waals surface area contributed by atoms with Gasteiger partial charge < -0.3 is 16.4 Å². The molecule has 0 aromatic heterocycles. The summed E-state index contributed by atoms with van der Waals surface area (Å²) < 4.78 is 0. The van der Waals surface area contributed by atoms with E-state index in [0.717, 1.165) is 0 Å². The Bertz CT molecular complexity index is 511. The van der Waals surface area contributed by atoms with Gasteiger partial charge in [0.15, 0.2) is 0 Å². The minimum absolute atomic E-state index is 0.139. The van der Waals surface area contributed by atoms with Crippen LogP contribution in [0.5, 0.6) is 0 Å². The SMILES string of the molecule is NC(=O)C1CCN(C(=O)c2cccc(N)c2Cl)CC1. The molecule has 4 N–H and O–H groups in total. The van der Waals surface area contributed by atoms with E-state index in [1.54, 1.807) is 23.1 Å². The number of primary amides is 1. The molecule has 1 fully saturated rings. The van der Waals surface area contributed by atoms with Crippen LogP contribution in [0, 0.1) is 5.92 Å². The van der Waals surface area contributed by atoms with Gasteiger partial charge in [0.05, 0.1) is 16.3 Å². The third-order valence-electron chi connectivity index (χ3n) is 3.44. The van der Waals surface area contributed by atoms with Gasteiger partial charge in [0.25, 0.3) is 5.91 Å². The van der Waals surface area contributed by atoms with Crippen molar-refractivity contribution in [2.45, 2.75) is 12.8 Å². The van der Waals surface area contributed by atoms with Crippen molar-refractivity contribution in [3.05, 3.63) is 28.8 Å². The first-order valence-corrected chi connectivity index (χ1v) is 6.51. The molecule has 2 rings (SSSR count). The Morgan fingerprint density at radius 3 is 2.47 bits per heavy atom. The molecule has 0 aliphatic carbocycles. The lowest BCUT2D eigenvalue weighted by Gasteiger charge is -2.30. The molecule has 1 aromatic rings. The van der Waals surface area contributed by atoms with Crippen molar-refractivity contribution < 1.29 is 9.59 Å². The largest absolute Gasteiger partial charge is 0.398 e. The van der Waals surface area contributed by atoms with Crippen molar-refractivity contribution in [3.63, 3.8) is 0 Å². The molecular formula is C13H16ClN3O2. The lowest BCUT2D eigenvalue weighted by atomic mass is 9.96. The van der Waals surface area contributed by atoms with Gasteiger partial charge >= 0.3 is 0 Å². The van der Waals surface area contributed by atoms with Gasteiger partial charge in [0.2, 0.25) is 5.91 Å². The standard InChI is InChI=1S/C13H16ClN3O2/c14-11-9(2-1-3-10(11)15)13(19)17-6-4-8(5-7-17)12(16)18/h1-3,8H,4-7,15H2,(H2,16,18). The number of carbonyl (C=O) groups is 2. The molecule has 1 aromatic carbocycles. The van der Waals surface area contributed by atoms with Gasteiger partial charge in [-0.15, -0.1) is 0 Å². The zero-order valence-electron chi connectivity index (χ0n) is 10.4. The first-order chi connectivity index (χ1) is 9.00. The second-order valence-corrected chi connectivity index (χ2v) is 5.06. The third kappa shape index (κ3) is 2.81. The number of likely N-dealkylation sites (tertiary alicyclic amines) is 1. The number of piperidine rings is 1. The molecule has 6 heteroatoms. The molecule has 1 aliphatic heterocycles. The summed E-state index contributed by atoms with van der Waals surface area (Å²) in [6.45, 7) is 1.02. The van der Waals surface area contributed by atoms with Gasteiger partial charge in [0, 0.05) is 19.0 Å². The zero-order chi connectivity index (χ0) is 14.0. The van der Waals surface area contributed by atoms with Gasteiger partial charge in [0.1, 0.15) is 0 Å². The Morgan fingerprint density at radius 1 is 1.26 bits per heavy atom. The smallest absolute Gasteiger partial charge is 0.255 e. The fourth-order valence-electron chi connectivity index (χ4n) is 2.25. The van der Waals surface area contributed by atoms with E-state index in [0.29, 0.717) is 37.2 Å². The van der Waals surface area contributed by atoms with Crippen LogP contribution < -0.4 is 11.5 Å². The van der Waals surface area contributed by atoms with E-state index in [2.05, 4.69) is 0 Å². The summed E-state index contributed by atoms with van der Waals surface area (Å²) in [6, 6.07) is 5.00. The summed E-state index contributed by atoms with van der Waals surface area (Å²) in [5, 5.41) is 0.282. The predicted octanol–water partition coefficient (Wildman–Crippen LogP) is 1.26. The van der Waals surface area contributed by atoms with Crippen LogP contribution in [0.4, 0.5) is 5.69 Å². The molecule has 2 amide bonds. The van der Waals surface area contributed by atoms with Crippen molar-refractivity contribution in [1.29, 1.82) is 0 Å². The Balaban J connectivity index is 2.09. The van der Waals surface area contributed by atoms with Gasteiger partial charge in [-0.3, -0.25) is 9.59 Å². The normalized spacial score (nSPS) is 16.4. The lowest BCUT2D eigenvalue weighted by molar-refractivity contribution is -0.123. The summed E-state index contributed by atoms with van der Waals surface area (Å²) in [5.41, 5.74) is 11.7. The maximum Gasteiger partial charge on any atom is 0.255 e. The highest BCUT2D eigenvalue weighted by atomic mass is 35.5. The number of benzene rings is 1. The molecule has 102 valence electrons. The number of nitrogen functional groups attached to an aromatic ring is 1. The molecule has 5 nitrogen and oxygen atoms in total. The summed E-state index contributed by atoms with van der Waals surface area (Å²) in [6.07, 6.45) is 1.20. The fraction of sp³-hybridized carbons (Fsp3) is 0.385. The molecule has 0 radical (unpaired) electrons. The van der Waals surface area contributed by atoms with Crippen LogP contribution in [0.15, 0.2) is 18.2 Å². The number of nitrogens with two attached hydrogens (primary N) is 2. The Hall–Kier alpha value is -1.75. The molecule has 0 saturated carbocycles. The van der Waals surface area contributed by atoms with Crippen LogP contribution >= 0.6 is 11.6 Å². The Kier molecular flexibility index (Phi) is 3.95. The highest BCUT2D eigenvalue weighted by molar-refractivity contribution is 6.36. The van der Waals surface area contributed by atoms with Crippen LogP contribution in [0.1, 0.15) is 23.2 Å². The number of carbonyl (C=O) groups excluding carboxylic acids is 2. The van der Waals surface area contributed by atoms with Crippen molar-refractivity contribution in [3.8, 4) is 0 Å². The number of amides is 2. The highest BCUT2D eigenvalue weighted by Gasteiger charge is 2.27. The van der Waals surface area contributed by atoms with E-state index < -0.39 is 0 Å². The first-order valence-electron chi connectivity index (χ1n) is 6.13. The molecule has 1 heterocycles. The van der Waals surface area contributed by atoms with Crippen LogP contribution in [-0.2, 0) is 4.79 Å². The topological polar surface area (TPSA) is 89.4 Å². The lowest BCUT2D eigenvalue weighted by Crippen LogP contribution is -2.41. The average molecular weight is 282 g/mol. The molecule has 19 heavy (non-hydrogen) atoms. The van der Waals surface area contributed by atoms with Crippen molar-refractivity contribution in [2.24, 2.45) is 11.7 Å². The van der Waals surface area contributed by atoms with Gasteiger partial charge in [-0.2, -0.15) is 0 Å². The van der Waals surface area contributed by atoms with Crippen LogP contribution in [0.25, 0.3) is 0 Å². The minimum atomic E-state index is -0.297. The van der Waals surface area contributed by atoms with Crippen molar-refractivity contribution >= 4 is 29.1 Å². The summed E-state index contributed by atoms with van der Waals surface area (Å²) in [5.74, 6) is -0.588. The summed E-state index contributed by atoms with van der Waals surface area (Å²) >= 11 is 6.04. The number of anilines is 1. The summed E-state index contributed by atoms with van der Waals surface area (Å²) in [4.78, 5) is 25.1. The third-order valence-corrected chi connectivity index (χ3v) is 3.87. The quantitative estimate of drug-likeness (QED) is 0.800. The predicted molar refractivity (Wildman–Crippen MR) is 73.7 cm³/mol. The van der Waals surface area contributed by atoms with Crippen molar-refractivity contribution in [1.82, 2.24) is 4.90 Å². The van der Waals surface area contributed by atoms with Gasteiger partial charge in [-0.1, -0.05) is 17.7 Å². The van der Waals surface area contributed by atoms with E-state index in [-0.39, 0.29) is 22.8 Å². The zero-order valence-corrected chi connectivity index (χ0v) is 11.2. The van der Waals surface area contributed by atoms with E-state index in [4.69, 9.17) is 23.1 Å². The maximum atomic E-state index is 12.3. The van der Waals surface area contributed by atoms with Crippen LogP contribution in [0.3, 0.4) is 0 Å². The molecule has 0 spiro atoms. The molecule has 0 bridgehead atoms. The number of halogens is 1. The molecular weight excluding hydrogens is 266 g/mol. The average Bonchev–Trinajstić information content (AvgIpc) is 2.41. The van der Waals surface area contributed by atoms with Gasteiger partial charge in [-0.05, 0) is 25.0 Å². The van der Waals surface area contributed by atoms with E-state index in [1.807, 2.05) is 0 Å². The molecule has 1 aliphatic rings. The molecule has 1 saturated heterocycles. The van der Waals surface area contributed by atoms with E-state index in [9.17, 15) is 9.59 Å². The highest BCUT2D eigenvalue weighted by Crippen LogP contribution is 2.26. The second kappa shape index (κ2) is 5.48. The second-order valence-electron chi connectivity index (χ2n) is 4.68. The number of hydrogen-bond donors (Lipinski definition) is 2.